The van der Waals surface area contributed by atoms with Crippen molar-refractivity contribution in [3.63, 3.8) is 0 Å². The van der Waals surface area contributed by atoms with Gasteiger partial charge in [0.15, 0.2) is 0 Å². The van der Waals surface area contributed by atoms with Crippen LogP contribution in [0, 0.1) is 24.2 Å². The molecule has 0 saturated heterocycles. The molecule has 0 atom stereocenters. The summed E-state index contributed by atoms with van der Waals surface area (Å²) in [5.41, 5.74) is 6.90. The summed E-state index contributed by atoms with van der Waals surface area (Å²) < 4.78 is 0. The van der Waals surface area contributed by atoms with Crippen molar-refractivity contribution in [2.75, 3.05) is 19.6 Å². The van der Waals surface area contributed by atoms with Crippen LogP contribution in [0.25, 0.3) is 17.0 Å². The van der Waals surface area contributed by atoms with Gasteiger partial charge >= 0.3 is 0 Å². The number of aromatic nitrogens is 1. The molecule has 5 rings (SSSR count). The largest absolute Gasteiger partial charge is 0.361 e. The van der Waals surface area contributed by atoms with Crippen molar-refractivity contribution in [2.24, 2.45) is 5.92 Å². The van der Waals surface area contributed by atoms with Gasteiger partial charge in [0.1, 0.15) is 0 Å². The number of nitrogens with one attached hydrogen (secondary N) is 2. The van der Waals surface area contributed by atoms with Gasteiger partial charge < -0.3 is 15.2 Å². The van der Waals surface area contributed by atoms with E-state index in [4.69, 9.17) is 0 Å². The first-order chi connectivity index (χ1) is 17.6. The number of H-pyrrole nitrogens is 1. The average Bonchev–Trinajstić information content (AvgIpc) is 3.14. The molecule has 2 heterocycles. The van der Waals surface area contributed by atoms with E-state index in [0.717, 1.165) is 67.9 Å². The summed E-state index contributed by atoms with van der Waals surface area (Å²) in [5, 5.41) is 13.6. The second-order valence-electron chi connectivity index (χ2n) is 10.6. The Kier molecular flexibility index (Phi) is 7.53. The van der Waals surface area contributed by atoms with Gasteiger partial charge in [-0.05, 0) is 111 Å². The minimum atomic E-state index is 0.00454. The van der Waals surface area contributed by atoms with Crippen molar-refractivity contribution in [1.82, 2.24) is 15.2 Å². The van der Waals surface area contributed by atoms with E-state index in [0.29, 0.717) is 0 Å². The summed E-state index contributed by atoms with van der Waals surface area (Å²) in [6.45, 7) is 5.43. The molecule has 1 saturated carbocycles. The topological polar surface area (TPSA) is 71.9 Å². The first-order valence-electron chi connectivity index (χ1n) is 13.4. The van der Waals surface area contributed by atoms with Crippen LogP contribution in [-0.4, -0.2) is 41.5 Å². The van der Waals surface area contributed by atoms with Crippen molar-refractivity contribution in [1.29, 1.82) is 5.26 Å². The summed E-state index contributed by atoms with van der Waals surface area (Å²) >= 11 is 0. The van der Waals surface area contributed by atoms with E-state index in [9.17, 15) is 10.1 Å². The van der Waals surface area contributed by atoms with E-state index in [-0.39, 0.29) is 11.9 Å². The number of carbonyl (C=O) groups is 1. The molecule has 1 amide bonds. The molecule has 2 N–H and O–H groups in total. The van der Waals surface area contributed by atoms with E-state index >= 15 is 0 Å². The summed E-state index contributed by atoms with van der Waals surface area (Å²) in [4.78, 5) is 18.4. The number of benzene rings is 2. The van der Waals surface area contributed by atoms with E-state index in [1.165, 1.54) is 41.3 Å². The highest BCUT2D eigenvalue weighted by Gasteiger charge is 2.23. The number of hydrogen-bond donors (Lipinski definition) is 2. The van der Waals surface area contributed by atoms with Crippen LogP contribution in [-0.2, 0) is 17.6 Å². The van der Waals surface area contributed by atoms with E-state index in [1.807, 2.05) is 18.3 Å². The Morgan fingerprint density at radius 3 is 2.72 bits per heavy atom. The number of aryl methyl sites for hydroxylation is 1. The monoisotopic (exact) mass is 480 g/mol. The Morgan fingerprint density at radius 2 is 1.92 bits per heavy atom. The Bertz CT molecular complexity index is 1290. The van der Waals surface area contributed by atoms with Gasteiger partial charge in [0, 0.05) is 42.3 Å². The number of amides is 1. The molecule has 1 aliphatic carbocycles. The SMILES string of the molecule is Cc1c[nH]c2cc(/C=C/C(=O)NC3CCC(CCN4CCc5ccc(C#N)cc5CC4)CC3)ccc12. The average molecular weight is 481 g/mol. The third-order valence-electron chi connectivity index (χ3n) is 8.12. The predicted molar refractivity (Wildman–Crippen MR) is 146 cm³/mol. The Hall–Kier alpha value is -3.36. The zero-order chi connectivity index (χ0) is 24.9. The van der Waals surface area contributed by atoms with E-state index < -0.39 is 0 Å². The first-order valence-corrected chi connectivity index (χ1v) is 13.4. The number of rotatable bonds is 6. The zero-order valence-corrected chi connectivity index (χ0v) is 21.2. The smallest absolute Gasteiger partial charge is 0.244 e. The van der Waals surface area contributed by atoms with Crippen molar-refractivity contribution in [3.8, 4) is 6.07 Å². The predicted octanol–water partition coefficient (Wildman–Crippen LogP) is 5.53. The summed E-state index contributed by atoms with van der Waals surface area (Å²) in [6, 6.07) is 15.0. The van der Waals surface area contributed by atoms with Gasteiger partial charge in [-0.2, -0.15) is 5.26 Å². The highest BCUT2D eigenvalue weighted by atomic mass is 16.1. The molecule has 1 aromatic heterocycles. The highest BCUT2D eigenvalue weighted by Crippen LogP contribution is 2.28. The van der Waals surface area contributed by atoms with Gasteiger partial charge in [0.05, 0.1) is 11.6 Å². The molecule has 1 aliphatic heterocycles. The number of hydrogen-bond acceptors (Lipinski definition) is 3. The minimum Gasteiger partial charge on any atom is -0.361 e. The summed E-state index contributed by atoms with van der Waals surface area (Å²) in [6.07, 6.45) is 13.5. The fourth-order valence-electron chi connectivity index (χ4n) is 5.84. The molecule has 3 aromatic rings. The normalized spacial score (nSPS) is 20.7. The molecular formula is C31H36N4O. The van der Waals surface area contributed by atoms with Crippen LogP contribution in [0.1, 0.15) is 59.9 Å². The lowest BCUT2D eigenvalue weighted by Crippen LogP contribution is -2.37. The van der Waals surface area contributed by atoms with E-state index in [2.05, 4.69) is 58.5 Å². The summed E-state index contributed by atoms with van der Waals surface area (Å²) in [7, 11) is 0. The maximum atomic E-state index is 12.5. The fourth-order valence-corrected chi connectivity index (χ4v) is 5.84. The van der Waals surface area contributed by atoms with Gasteiger partial charge in [0.2, 0.25) is 5.91 Å². The number of fused-ring (bicyclic) bond motifs is 2. The molecule has 5 heteroatoms. The maximum Gasteiger partial charge on any atom is 0.244 e. The molecule has 2 aliphatic rings. The van der Waals surface area contributed by atoms with Crippen LogP contribution in [0.5, 0.6) is 0 Å². The Balaban J connectivity index is 1.03. The molecule has 0 unspecified atom stereocenters. The van der Waals surface area contributed by atoms with E-state index in [1.54, 1.807) is 6.08 Å². The second kappa shape index (κ2) is 11.1. The number of carbonyl (C=O) groups excluding carboxylic acids is 1. The van der Waals surface area contributed by atoms with Crippen molar-refractivity contribution >= 4 is 22.9 Å². The van der Waals surface area contributed by atoms with Crippen LogP contribution in [0.2, 0.25) is 0 Å². The number of nitrogens with zero attached hydrogens (tertiary/aromatic N) is 2. The molecule has 5 nitrogen and oxygen atoms in total. The van der Waals surface area contributed by atoms with Crippen LogP contribution < -0.4 is 5.32 Å². The van der Waals surface area contributed by atoms with Crippen LogP contribution in [0.4, 0.5) is 0 Å². The zero-order valence-electron chi connectivity index (χ0n) is 21.2. The molecule has 1 fully saturated rings. The van der Waals surface area contributed by atoms with Crippen LogP contribution in [0.3, 0.4) is 0 Å². The number of nitriles is 1. The highest BCUT2D eigenvalue weighted by molar-refractivity contribution is 5.93. The van der Waals surface area contributed by atoms with Gasteiger partial charge in [0.25, 0.3) is 0 Å². The second-order valence-corrected chi connectivity index (χ2v) is 10.6. The third kappa shape index (κ3) is 5.88. The van der Waals surface area contributed by atoms with Gasteiger partial charge in [-0.15, -0.1) is 0 Å². The van der Waals surface area contributed by atoms with Crippen LogP contribution >= 0.6 is 0 Å². The molecule has 0 spiro atoms. The Labute approximate surface area is 214 Å². The first kappa shape index (κ1) is 24.3. The van der Waals surface area contributed by atoms with Gasteiger partial charge in [-0.3, -0.25) is 4.79 Å². The van der Waals surface area contributed by atoms with Gasteiger partial charge in [-0.25, -0.2) is 0 Å². The molecule has 186 valence electrons. The molecular weight excluding hydrogens is 444 g/mol. The lowest BCUT2D eigenvalue weighted by molar-refractivity contribution is -0.117. The number of aromatic amines is 1. The lowest BCUT2D eigenvalue weighted by Gasteiger charge is -2.30. The molecule has 0 radical (unpaired) electrons. The van der Waals surface area contributed by atoms with Crippen LogP contribution in [0.15, 0.2) is 48.7 Å². The fraction of sp³-hybridized carbons (Fsp3) is 0.419. The standard InChI is InChI=1S/C31H36N4O/c1-22-21-33-30-19-24(5-10-29(22)30)6-11-31(36)34-28-8-3-23(4-9-28)12-15-35-16-13-26-7-2-25(20-32)18-27(26)14-17-35/h2,5-7,10-11,18-19,21,23,28,33H,3-4,8-9,12-17H2,1H3,(H,34,36)/b11-6+. The molecule has 2 aromatic carbocycles. The maximum absolute atomic E-state index is 12.5. The minimum absolute atomic E-state index is 0.00454. The Morgan fingerprint density at radius 1 is 1.11 bits per heavy atom. The molecule has 36 heavy (non-hydrogen) atoms. The van der Waals surface area contributed by atoms with Crippen molar-refractivity contribution < 1.29 is 4.79 Å². The quantitative estimate of drug-likeness (QED) is 0.456. The summed E-state index contributed by atoms with van der Waals surface area (Å²) in [5.74, 6) is 0.755. The molecule has 0 bridgehead atoms. The lowest BCUT2D eigenvalue weighted by atomic mass is 9.84. The van der Waals surface area contributed by atoms with Crippen molar-refractivity contribution in [2.45, 2.75) is 57.9 Å². The van der Waals surface area contributed by atoms with Gasteiger partial charge in [-0.1, -0.05) is 18.2 Å². The van der Waals surface area contributed by atoms with Crippen molar-refractivity contribution in [3.05, 3.63) is 76.5 Å². The third-order valence-corrected chi connectivity index (χ3v) is 8.12.